The van der Waals surface area contributed by atoms with Gasteiger partial charge in [0.15, 0.2) is 0 Å². The molecule has 0 unspecified atom stereocenters. The van der Waals surface area contributed by atoms with Crippen molar-refractivity contribution in [2.24, 2.45) is 0 Å². The van der Waals surface area contributed by atoms with Crippen LogP contribution in [0.25, 0.3) is 0 Å². The lowest BCUT2D eigenvalue weighted by Crippen LogP contribution is -2.24. The predicted octanol–water partition coefficient (Wildman–Crippen LogP) is 2.06. The molecule has 2 N–H and O–H groups in total. The van der Waals surface area contributed by atoms with Crippen LogP contribution in [-0.4, -0.2) is 19.5 Å². The number of carbonyl (C=O) groups is 1. The van der Waals surface area contributed by atoms with Crippen LogP contribution in [0.2, 0.25) is 0 Å². The van der Waals surface area contributed by atoms with E-state index in [1.807, 2.05) is 0 Å². The summed E-state index contributed by atoms with van der Waals surface area (Å²) in [6, 6.07) is 4.41. The summed E-state index contributed by atoms with van der Waals surface area (Å²) in [4.78, 5) is 10.1. The maximum absolute atomic E-state index is 13.7. The topological polar surface area (TPSA) is 83.5 Å². The lowest BCUT2D eigenvalue weighted by molar-refractivity contribution is 0.0696. The van der Waals surface area contributed by atoms with E-state index in [4.69, 9.17) is 5.11 Å². The van der Waals surface area contributed by atoms with Gasteiger partial charge in [-0.05, 0) is 40.6 Å². The highest BCUT2D eigenvalue weighted by Crippen LogP contribution is 2.17. The minimum atomic E-state index is -4.02. The fourth-order valence-corrected chi connectivity index (χ4v) is 3.24. The number of carboxylic acid groups (broad SMARTS) is 1. The summed E-state index contributed by atoms with van der Waals surface area (Å²) in [5.74, 6) is -2.42. The monoisotopic (exact) mass is 315 g/mol. The molecule has 0 bridgehead atoms. The maximum atomic E-state index is 13.7. The molecule has 0 saturated carbocycles. The molecule has 2 aromatic rings. The second-order valence-electron chi connectivity index (χ2n) is 3.91. The summed E-state index contributed by atoms with van der Waals surface area (Å²) in [5.41, 5.74) is 0.459. The van der Waals surface area contributed by atoms with E-state index in [0.29, 0.717) is 6.07 Å². The molecule has 106 valence electrons. The molecule has 0 aliphatic heterocycles. The van der Waals surface area contributed by atoms with E-state index in [0.717, 1.165) is 17.7 Å². The van der Waals surface area contributed by atoms with Crippen LogP contribution in [0.15, 0.2) is 39.9 Å². The summed E-state index contributed by atoms with van der Waals surface area (Å²) in [5, 5.41) is 12.3. The zero-order chi connectivity index (χ0) is 14.8. The van der Waals surface area contributed by atoms with Gasteiger partial charge in [-0.1, -0.05) is 0 Å². The number of aromatic carboxylic acids is 1. The fourth-order valence-electron chi connectivity index (χ4n) is 1.50. The van der Waals surface area contributed by atoms with Gasteiger partial charge < -0.3 is 5.11 Å². The summed E-state index contributed by atoms with van der Waals surface area (Å²) in [6.07, 6.45) is 0. The number of thiophene rings is 1. The Morgan fingerprint density at radius 3 is 2.65 bits per heavy atom. The number of hydrogen-bond acceptors (Lipinski definition) is 4. The Morgan fingerprint density at radius 1 is 1.35 bits per heavy atom. The summed E-state index contributed by atoms with van der Waals surface area (Å²) in [6.45, 7) is 0.0476. The zero-order valence-corrected chi connectivity index (χ0v) is 11.7. The van der Waals surface area contributed by atoms with E-state index in [-0.39, 0.29) is 12.1 Å². The van der Waals surface area contributed by atoms with Crippen LogP contribution in [0.1, 0.15) is 15.9 Å². The first-order valence-electron chi connectivity index (χ1n) is 5.44. The number of carboxylic acids is 1. The van der Waals surface area contributed by atoms with Gasteiger partial charge >= 0.3 is 5.97 Å². The molecular formula is C12H10FNO4S2. The van der Waals surface area contributed by atoms with Crippen molar-refractivity contribution in [3.8, 4) is 0 Å². The second-order valence-corrected chi connectivity index (χ2v) is 6.42. The third-order valence-electron chi connectivity index (χ3n) is 2.51. The standard InChI is InChI=1S/C12H10FNO4S2/c13-10-5-9(12(15)16)1-2-11(10)20(17,18)14-6-8-3-4-19-7-8/h1-5,7,14H,6H2,(H,15,16). The Labute approximate surface area is 118 Å². The molecule has 1 aromatic heterocycles. The molecule has 0 amide bonds. The number of hydrogen-bond donors (Lipinski definition) is 2. The van der Waals surface area contributed by atoms with Crippen molar-refractivity contribution in [3.05, 3.63) is 52.0 Å². The van der Waals surface area contributed by atoms with Gasteiger partial charge in [0, 0.05) is 6.54 Å². The molecule has 1 heterocycles. The predicted molar refractivity (Wildman–Crippen MR) is 71.7 cm³/mol. The summed E-state index contributed by atoms with van der Waals surface area (Å²) in [7, 11) is -4.02. The molecule has 20 heavy (non-hydrogen) atoms. The molecule has 0 fully saturated rings. The van der Waals surface area contributed by atoms with E-state index in [9.17, 15) is 17.6 Å². The molecule has 0 aliphatic rings. The largest absolute Gasteiger partial charge is 0.478 e. The average molecular weight is 315 g/mol. The van der Waals surface area contributed by atoms with Gasteiger partial charge in [-0.15, -0.1) is 0 Å². The van der Waals surface area contributed by atoms with E-state index in [1.54, 1.807) is 16.8 Å². The van der Waals surface area contributed by atoms with Crippen LogP contribution in [0, 0.1) is 5.82 Å². The lowest BCUT2D eigenvalue weighted by atomic mass is 10.2. The number of rotatable bonds is 5. The van der Waals surface area contributed by atoms with Gasteiger partial charge in [0.2, 0.25) is 10.0 Å². The molecule has 8 heteroatoms. The number of halogens is 1. The molecule has 0 saturated heterocycles. The molecule has 0 aliphatic carbocycles. The molecular weight excluding hydrogens is 305 g/mol. The fraction of sp³-hybridized carbons (Fsp3) is 0.0833. The highest BCUT2D eigenvalue weighted by molar-refractivity contribution is 7.89. The Bertz CT molecular complexity index is 726. The first-order chi connectivity index (χ1) is 9.40. The van der Waals surface area contributed by atoms with Crippen LogP contribution in [-0.2, 0) is 16.6 Å². The zero-order valence-electron chi connectivity index (χ0n) is 10.0. The Balaban J connectivity index is 2.23. The van der Waals surface area contributed by atoms with Crippen molar-refractivity contribution >= 4 is 27.3 Å². The van der Waals surface area contributed by atoms with Gasteiger partial charge in [-0.3, -0.25) is 0 Å². The SMILES string of the molecule is O=C(O)c1ccc(S(=O)(=O)NCc2ccsc2)c(F)c1. The Morgan fingerprint density at radius 2 is 2.10 bits per heavy atom. The average Bonchev–Trinajstić information content (AvgIpc) is 2.89. The number of nitrogens with one attached hydrogen (secondary N) is 1. The number of sulfonamides is 1. The quantitative estimate of drug-likeness (QED) is 0.884. The summed E-state index contributed by atoms with van der Waals surface area (Å²) >= 11 is 1.42. The smallest absolute Gasteiger partial charge is 0.335 e. The maximum Gasteiger partial charge on any atom is 0.335 e. The van der Waals surface area contributed by atoms with Gasteiger partial charge in [0.25, 0.3) is 0 Å². The molecule has 1 aromatic carbocycles. The van der Waals surface area contributed by atoms with Gasteiger partial charge in [0.1, 0.15) is 10.7 Å². The van der Waals surface area contributed by atoms with Crippen LogP contribution in [0.4, 0.5) is 4.39 Å². The van der Waals surface area contributed by atoms with Crippen molar-refractivity contribution < 1.29 is 22.7 Å². The first-order valence-corrected chi connectivity index (χ1v) is 7.86. The molecule has 0 spiro atoms. The van der Waals surface area contributed by atoms with Crippen molar-refractivity contribution in [1.29, 1.82) is 0 Å². The lowest BCUT2D eigenvalue weighted by Gasteiger charge is -2.07. The molecule has 2 rings (SSSR count). The van der Waals surface area contributed by atoms with E-state index < -0.39 is 26.7 Å². The third-order valence-corrected chi connectivity index (χ3v) is 4.68. The van der Waals surface area contributed by atoms with Gasteiger partial charge in [0.05, 0.1) is 5.56 Å². The van der Waals surface area contributed by atoms with Crippen LogP contribution < -0.4 is 4.72 Å². The summed E-state index contributed by atoms with van der Waals surface area (Å²) < 4.78 is 39.8. The van der Waals surface area contributed by atoms with Crippen LogP contribution >= 0.6 is 11.3 Å². The molecule has 0 radical (unpaired) electrons. The third kappa shape index (κ3) is 3.21. The van der Waals surface area contributed by atoms with Gasteiger partial charge in [-0.25, -0.2) is 22.3 Å². The molecule has 0 atom stereocenters. The minimum Gasteiger partial charge on any atom is -0.478 e. The van der Waals surface area contributed by atoms with Crippen molar-refractivity contribution in [2.45, 2.75) is 11.4 Å². The molecule has 5 nitrogen and oxygen atoms in total. The minimum absolute atomic E-state index is 0.0476. The second kappa shape index (κ2) is 5.70. The van der Waals surface area contributed by atoms with Crippen molar-refractivity contribution in [1.82, 2.24) is 4.72 Å². The highest BCUT2D eigenvalue weighted by Gasteiger charge is 2.20. The normalized spacial score (nSPS) is 11.4. The van der Waals surface area contributed by atoms with E-state index in [2.05, 4.69) is 4.72 Å². The van der Waals surface area contributed by atoms with Crippen molar-refractivity contribution in [3.63, 3.8) is 0 Å². The van der Waals surface area contributed by atoms with Gasteiger partial charge in [-0.2, -0.15) is 11.3 Å². The highest BCUT2D eigenvalue weighted by atomic mass is 32.2. The van der Waals surface area contributed by atoms with Crippen molar-refractivity contribution in [2.75, 3.05) is 0 Å². The van der Waals surface area contributed by atoms with E-state index >= 15 is 0 Å². The number of benzene rings is 1. The van der Waals surface area contributed by atoms with Crippen LogP contribution in [0.3, 0.4) is 0 Å². The van der Waals surface area contributed by atoms with Crippen LogP contribution in [0.5, 0.6) is 0 Å². The Hall–Kier alpha value is -1.77. The Kier molecular flexibility index (Phi) is 4.17. The van der Waals surface area contributed by atoms with E-state index in [1.165, 1.54) is 11.3 Å². The first kappa shape index (κ1) is 14.6.